The van der Waals surface area contributed by atoms with Crippen LogP contribution >= 0.6 is 0 Å². The smallest absolute Gasteiger partial charge is 0.244 e. The van der Waals surface area contributed by atoms with Crippen molar-refractivity contribution in [1.82, 2.24) is 25.6 Å². The van der Waals surface area contributed by atoms with Crippen LogP contribution in [0.25, 0.3) is 5.82 Å². The minimum atomic E-state index is -0.259. The molecule has 7 heteroatoms. The summed E-state index contributed by atoms with van der Waals surface area (Å²) < 4.78 is 1.68. The molecule has 0 aromatic carbocycles. The van der Waals surface area contributed by atoms with Crippen molar-refractivity contribution >= 4 is 11.7 Å². The summed E-state index contributed by atoms with van der Waals surface area (Å²) in [5, 5.41) is 7.63. The largest absolute Gasteiger partial charge is 0.309 e. The number of carbonyl (C=O) groups excluding carboxylic acids is 1. The highest BCUT2D eigenvalue weighted by Crippen LogP contribution is 2.26. The van der Waals surface area contributed by atoms with Crippen molar-refractivity contribution in [3.05, 3.63) is 36.2 Å². The van der Waals surface area contributed by atoms with Gasteiger partial charge in [-0.3, -0.25) is 10.2 Å². The highest BCUT2D eigenvalue weighted by Gasteiger charge is 2.28. The number of rotatable bonds is 3. The molecule has 0 saturated carbocycles. The van der Waals surface area contributed by atoms with Crippen molar-refractivity contribution in [2.45, 2.75) is 51.6 Å². The summed E-state index contributed by atoms with van der Waals surface area (Å²) in [6, 6.07) is 7.55. The molecule has 2 atom stereocenters. The van der Waals surface area contributed by atoms with E-state index in [2.05, 4.69) is 47.0 Å². The van der Waals surface area contributed by atoms with Gasteiger partial charge in [-0.1, -0.05) is 26.8 Å². The van der Waals surface area contributed by atoms with E-state index in [0.29, 0.717) is 11.6 Å². The molecule has 1 fully saturated rings. The number of hydrogen-bond acceptors (Lipinski definition) is 5. The summed E-state index contributed by atoms with van der Waals surface area (Å²) in [6.07, 6.45) is 2.46. The number of amides is 1. The maximum absolute atomic E-state index is 12.5. The van der Waals surface area contributed by atoms with Crippen LogP contribution in [-0.4, -0.2) is 32.8 Å². The maximum atomic E-state index is 12.5. The molecule has 0 spiro atoms. The molecule has 1 aliphatic rings. The Morgan fingerprint density at radius 1 is 1.33 bits per heavy atom. The number of aromatic nitrogens is 3. The molecular formula is C17H24N6O. The zero-order valence-corrected chi connectivity index (χ0v) is 14.5. The number of anilines is 1. The van der Waals surface area contributed by atoms with E-state index in [4.69, 9.17) is 0 Å². The standard InChI is InChI=1S/C17H24N6O/c1-11-9-12(21-20-11)16(24)19-15-10-13(17(2,3)4)22-23(15)14-7-5-6-8-18-14/h5-8,10-12,20-21H,9H2,1-4H3,(H,19,24). The fourth-order valence-electron chi connectivity index (χ4n) is 2.59. The number of pyridine rings is 1. The summed E-state index contributed by atoms with van der Waals surface area (Å²) in [5.41, 5.74) is 6.86. The first kappa shape index (κ1) is 16.6. The molecule has 1 aliphatic heterocycles. The second kappa shape index (κ2) is 6.33. The fourth-order valence-corrected chi connectivity index (χ4v) is 2.59. The van der Waals surface area contributed by atoms with E-state index in [1.165, 1.54) is 0 Å². The normalized spacial score (nSPS) is 21.0. The molecule has 24 heavy (non-hydrogen) atoms. The van der Waals surface area contributed by atoms with Gasteiger partial charge in [0.1, 0.15) is 11.9 Å². The van der Waals surface area contributed by atoms with E-state index in [0.717, 1.165) is 12.1 Å². The van der Waals surface area contributed by atoms with Gasteiger partial charge in [0, 0.05) is 23.7 Å². The number of hydrazine groups is 1. The summed E-state index contributed by atoms with van der Waals surface area (Å²) in [7, 11) is 0. The molecule has 2 aromatic heterocycles. The predicted molar refractivity (Wildman–Crippen MR) is 92.8 cm³/mol. The lowest BCUT2D eigenvalue weighted by Gasteiger charge is -2.13. The average molecular weight is 328 g/mol. The highest BCUT2D eigenvalue weighted by atomic mass is 16.2. The molecule has 2 aromatic rings. The second-order valence-corrected chi connectivity index (χ2v) is 7.23. The van der Waals surface area contributed by atoms with Gasteiger partial charge in [-0.2, -0.15) is 9.78 Å². The molecular weight excluding hydrogens is 304 g/mol. The monoisotopic (exact) mass is 328 g/mol. The molecule has 128 valence electrons. The predicted octanol–water partition coefficient (Wildman–Crippen LogP) is 1.76. The first-order chi connectivity index (χ1) is 11.3. The molecule has 0 radical (unpaired) electrons. The Morgan fingerprint density at radius 2 is 2.12 bits per heavy atom. The third kappa shape index (κ3) is 3.47. The molecule has 1 saturated heterocycles. The minimum absolute atomic E-state index is 0.0793. The Balaban J connectivity index is 1.91. The van der Waals surface area contributed by atoms with Gasteiger partial charge < -0.3 is 5.32 Å². The van der Waals surface area contributed by atoms with Crippen LogP contribution in [0.2, 0.25) is 0 Å². The van der Waals surface area contributed by atoms with Gasteiger partial charge in [0.2, 0.25) is 5.91 Å². The van der Waals surface area contributed by atoms with Gasteiger partial charge in [0.25, 0.3) is 0 Å². The number of nitrogens with one attached hydrogen (secondary N) is 3. The maximum Gasteiger partial charge on any atom is 0.244 e. The van der Waals surface area contributed by atoms with Crippen LogP contribution < -0.4 is 16.2 Å². The van der Waals surface area contributed by atoms with E-state index in [1.807, 2.05) is 31.2 Å². The zero-order chi connectivity index (χ0) is 17.3. The first-order valence-corrected chi connectivity index (χ1v) is 8.18. The Labute approximate surface area is 141 Å². The Bertz CT molecular complexity index is 718. The Hall–Kier alpha value is -2.25. The highest BCUT2D eigenvalue weighted by molar-refractivity contribution is 5.94. The molecule has 0 bridgehead atoms. The molecule has 1 amide bonds. The lowest BCUT2D eigenvalue weighted by Crippen LogP contribution is -2.40. The third-order valence-electron chi connectivity index (χ3n) is 4.01. The van der Waals surface area contributed by atoms with Gasteiger partial charge in [-0.05, 0) is 25.5 Å². The summed E-state index contributed by atoms with van der Waals surface area (Å²) in [4.78, 5) is 16.9. The number of carbonyl (C=O) groups is 1. The van der Waals surface area contributed by atoms with E-state index in [9.17, 15) is 4.79 Å². The summed E-state index contributed by atoms with van der Waals surface area (Å²) in [6.45, 7) is 8.31. The molecule has 3 heterocycles. The van der Waals surface area contributed by atoms with Gasteiger partial charge >= 0.3 is 0 Å². The molecule has 3 N–H and O–H groups in total. The van der Waals surface area contributed by atoms with Crippen LogP contribution in [0, 0.1) is 0 Å². The van der Waals surface area contributed by atoms with E-state index >= 15 is 0 Å². The lowest BCUT2D eigenvalue weighted by molar-refractivity contribution is -0.117. The van der Waals surface area contributed by atoms with E-state index in [1.54, 1.807) is 10.9 Å². The third-order valence-corrected chi connectivity index (χ3v) is 4.01. The van der Waals surface area contributed by atoms with E-state index in [-0.39, 0.29) is 23.4 Å². The van der Waals surface area contributed by atoms with Crippen LogP contribution in [-0.2, 0) is 10.2 Å². The Kier molecular flexibility index (Phi) is 4.38. The van der Waals surface area contributed by atoms with Gasteiger partial charge in [-0.25, -0.2) is 10.4 Å². The second-order valence-electron chi connectivity index (χ2n) is 7.23. The van der Waals surface area contributed by atoms with Crippen molar-refractivity contribution < 1.29 is 4.79 Å². The quantitative estimate of drug-likeness (QED) is 0.799. The van der Waals surface area contributed by atoms with Crippen LogP contribution in [0.1, 0.15) is 39.8 Å². The molecule has 0 aliphatic carbocycles. The van der Waals surface area contributed by atoms with Crippen LogP contribution in [0.5, 0.6) is 0 Å². The van der Waals surface area contributed by atoms with Crippen molar-refractivity contribution in [3.8, 4) is 5.82 Å². The zero-order valence-electron chi connectivity index (χ0n) is 14.5. The minimum Gasteiger partial charge on any atom is -0.309 e. The van der Waals surface area contributed by atoms with Crippen molar-refractivity contribution in [2.75, 3.05) is 5.32 Å². The molecule has 2 unspecified atom stereocenters. The van der Waals surface area contributed by atoms with Crippen molar-refractivity contribution in [2.24, 2.45) is 0 Å². The molecule has 7 nitrogen and oxygen atoms in total. The fraction of sp³-hybridized carbons (Fsp3) is 0.471. The number of nitrogens with zero attached hydrogens (tertiary/aromatic N) is 3. The van der Waals surface area contributed by atoms with Gasteiger partial charge in [0.15, 0.2) is 5.82 Å². The summed E-state index contributed by atoms with van der Waals surface area (Å²) >= 11 is 0. The van der Waals surface area contributed by atoms with Crippen molar-refractivity contribution in [1.29, 1.82) is 0 Å². The summed E-state index contributed by atoms with van der Waals surface area (Å²) in [5.74, 6) is 1.23. The lowest BCUT2D eigenvalue weighted by atomic mass is 9.92. The molecule has 3 rings (SSSR count). The van der Waals surface area contributed by atoms with E-state index < -0.39 is 0 Å². The first-order valence-electron chi connectivity index (χ1n) is 8.18. The Morgan fingerprint density at radius 3 is 2.71 bits per heavy atom. The van der Waals surface area contributed by atoms with Crippen molar-refractivity contribution in [3.63, 3.8) is 0 Å². The SMILES string of the molecule is CC1CC(C(=O)Nc2cc(C(C)(C)C)nn2-c2ccccn2)NN1. The topological polar surface area (TPSA) is 83.9 Å². The average Bonchev–Trinajstić information content (AvgIpc) is 3.14. The van der Waals surface area contributed by atoms with Crippen LogP contribution in [0.3, 0.4) is 0 Å². The number of hydrogen-bond donors (Lipinski definition) is 3. The van der Waals surface area contributed by atoms with Gasteiger partial charge in [0.05, 0.1) is 5.69 Å². The van der Waals surface area contributed by atoms with Crippen LogP contribution in [0.4, 0.5) is 5.82 Å². The van der Waals surface area contributed by atoms with Crippen LogP contribution in [0.15, 0.2) is 30.5 Å². The van der Waals surface area contributed by atoms with Gasteiger partial charge in [-0.15, -0.1) is 0 Å².